The van der Waals surface area contributed by atoms with Gasteiger partial charge in [-0.2, -0.15) is 0 Å². The van der Waals surface area contributed by atoms with Crippen LogP contribution in [0.1, 0.15) is 31.4 Å². The SMILES string of the molecule is O=C(O)CCCCCN1C(=O)C([CH]c2ccc(-c3ccc(F)c(Cl)c3)o2)SC1=S. The van der Waals surface area contributed by atoms with Crippen molar-refractivity contribution >= 4 is 51.8 Å². The maximum atomic E-state index is 13.3. The second-order valence-electron chi connectivity index (χ2n) is 6.50. The van der Waals surface area contributed by atoms with E-state index in [0.717, 1.165) is 6.42 Å². The average molecular weight is 455 g/mol. The van der Waals surface area contributed by atoms with Gasteiger partial charge in [-0.3, -0.25) is 14.5 Å². The molecule has 0 bridgehead atoms. The molecule has 2 aromatic rings. The minimum atomic E-state index is -0.816. The Kier molecular flexibility index (Phi) is 7.32. The van der Waals surface area contributed by atoms with Crippen molar-refractivity contribution in [3.8, 4) is 11.3 Å². The molecule has 5 nitrogen and oxygen atoms in total. The molecule has 0 saturated carbocycles. The lowest BCUT2D eigenvalue weighted by Crippen LogP contribution is -2.32. The van der Waals surface area contributed by atoms with Gasteiger partial charge < -0.3 is 9.52 Å². The number of hydrogen-bond donors (Lipinski definition) is 1. The number of unbranched alkanes of at least 4 members (excludes halogenated alkanes) is 2. The van der Waals surface area contributed by atoms with Crippen molar-refractivity contribution < 1.29 is 23.5 Å². The number of furan rings is 1. The third-order valence-corrected chi connectivity index (χ3v) is 6.19. The van der Waals surface area contributed by atoms with Crippen LogP contribution in [0.5, 0.6) is 0 Å². The second-order valence-corrected chi connectivity index (χ2v) is 8.68. The summed E-state index contributed by atoms with van der Waals surface area (Å²) in [5, 5.41) is 8.19. The highest BCUT2D eigenvalue weighted by atomic mass is 35.5. The minimum absolute atomic E-state index is 0.00954. The molecule has 1 N–H and O–H groups in total. The fraction of sp³-hybridized carbons (Fsp3) is 0.300. The third-order valence-electron chi connectivity index (χ3n) is 4.38. The summed E-state index contributed by atoms with van der Waals surface area (Å²) >= 11 is 12.4. The molecule has 29 heavy (non-hydrogen) atoms. The maximum absolute atomic E-state index is 13.3. The highest BCUT2D eigenvalue weighted by Crippen LogP contribution is 2.33. The van der Waals surface area contributed by atoms with Crippen LogP contribution in [0, 0.1) is 12.2 Å². The van der Waals surface area contributed by atoms with Gasteiger partial charge in [-0.15, -0.1) is 0 Å². The zero-order valence-corrected chi connectivity index (χ0v) is 17.7. The van der Waals surface area contributed by atoms with Crippen LogP contribution in [0.3, 0.4) is 0 Å². The molecule has 1 atom stereocenters. The Balaban J connectivity index is 1.56. The van der Waals surface area contributed by atoms with E-state index in [-0.39, 0.29) is 17.4 Å². The maximum Gasteiger partial charge on any atom is 0.303 e. The van der Waals surface area contributed by atoms with E-state index in [1.54, 1.807) is 29.5 Å². The monoisotopic (exact) mass is 454 g/mol. The number of halogens is 2. The molecule has 1 aromatic heterocycles. The van der Waals surface area contributed by atoms with Crippen LogP contribution < -0.4 is 0 Å². The van der Waals surface area contributed by atoms with Crippen molar-refractivity contribution in [1.82, 2.24) is 4.90 Å². The van der Waals surface area contributed by atoms with Gasteiger partial charge in [0.25, 0.3) is 0 Å². The molecule has 1 aromatic carbocycles. The summed E-state index contributed by atoms with van der Waals surface area (Å²) in [6.45, 7) is 0.478. The van der Waals surface area contributed by atoms with Gasteiger partial charge in [-0.25, -0.2) is 4.39 Å². The molecule has 2 heterocycles. The molecule has 1 fully saturated rings. The predicted molar refractivity (Wildman–Crippen MR) is 114 cm³/mol. The summed E-state index contributed by atoms with van der Waals surface area (Å²) in [6.07, 6.45) is 3.83. The fourth-order valence-corrected chi connectivity index (χ4v) is 4.52. The first-order valence-electron chi connectivity index (χ1n) is 8.99. The Morgan fingerprint density at radius 2 is 2.10 bits per heavy atom. The van der Waals surface area contributed by atoms with Crippen molar-refractivity contribution in [2.45, 2.75) is 30.9 Å². The number of carbonyl (C=O) groups is 2. The molecule has 1 unspecified atom stereocenters. The zero-order chi connectivity index (χ0) is 21.0. The number of rotatable bonds is 9. The van der Waals surface area contributed by atoms with Crippen molar-refractivity contribution in [2.75, 3.05) is 6.54 Å². The van der Waals surface area contributed by atoms with Gasteiger partial charge >= 0.3 is 5.97 Å². The molecule has 3 rings (SSSR count). The lowest BCUT2D eigenvalue weighted by Gasteiger charge is -2.15. The number of carboxylic acids is 1. The summed E-state index contributed by atoms with van der Waals surface area (Å²) in [7, 11) is 0. The van der Waals surface area contributed by atoms with Gasteiger partial charge in [-0.1, -0.05) is 42.0 Å². The first kappa shape index (κ1) is 21.8. The van der Waals surface area contributed by atoms with Gasteiger partial charge in [-0.05, 0) is 43.2 Å². The van der Waals surface area contributed by atoms with E-state index in [1.165, 1.54) is 23.9 Å². The van der Waals surface area contributed by atoms with Gasteiger partial charge in [0.2, 0.25) is 5.91 Å². The molecule has 0 spiro atoms. The van der Waals surface area contributed by atoms with Crippen LogP contribution in [0.4, 0.5) is 4.39 Å². The summed E-state index contributed by atoms with van der Waals surface area (Å²) in [4.78, 5) is 24.7. The van der Waals surface area contributed by atoms with Crippen LogP contribution in [-0.2, 0) is 9.59 Å². The normalized spacial score (nSPS) is 16.6. The number of thiocarbonyl (C=S) groups is 1. The van der Waals surface area contributed by atoms with E-state index in [4.69, 9.17) is 33.3 Å². The van der Waals surface area contributed by atoms with E-state index in [2.05, 4.69) is 0 Å². The Bertz CT molecular complexity index is 933. The number of carbonyl (C=O) groups excluding carboxylic acids is 1. The predicted octanol–water partition coefficient (Wildman–Crippen LogP) is 5.17. The van der Waals surface area contributed by atoms with E-state index in [0.29, 0.717) is 40.8 Å². The van der Waals surface area contributed by atoms with Crippen molar-refractivity contribution in [3.63, 3.8) is 0 Å². The molecule has 1 saturated heterocycles. The Morgan fingerprint density at radius 1 is 1.31 bits per heavy atom. The van der Waals surface area contributed by atoms with Gasteiger partial charge in [0, 0.05) is 24.9 Å². The standard InChI is InChI=1S/C20H18ClFNO4S2/c21-14-10-12(5-7-15(14)22)16-8-6-13(27-16)11-17-19(26)23(20(28)29-17)9-3-1-2-4-18(24)25/h5-8,10-11,17H,1-4,9H2,(H,24,25). The Hall–Kier alpha value is -1.90. The highest BCUT2D eigenvalue weighted by Gasteiger charge is 2.37. The summed E-state index contributed by atoms with van der Waals surface area (Å²) in [5.41, 5.74) is 0.639. The second kappa shape index (κ2) is 9.73. The van der Waals surface area contributed by atoms with E-state index in [9.17, 15) is 14.0 Å². The Labute approximate surface area is 182 Å². The molecular formula is C20H18ClFNO4S2. The average Bonchev–Trinajstić information content (AvgIpc) is 3.23. The van der Waals surface area contributed by atoms with Crippen LogP contribution in [-0.4, -0.2) is 38.0 Å². The van der Waals surface area contributed by atoms with Crippen LogP contribution in [0.15, 0.2) is 34.7 Å². The molecule has 9 heteroatoms. The zero-order valence-electron chi connectivity index (χ0n) is 15.3. The lowest BCUT2D eigenvalue weighted by molar-refractivity contribution is -0.137. The van der Waals surface area contributed by atoms with E-state index >= 15 is 0 Å². The number of benzene rings is 1. The number of thioether (sulfide) groups is 1. The van der Waals surface area contributed by atoms with Gasteiger partial charge in [0.15, 0.2) is 0 Å². The van der Waals surface area contributed by atoms with Crippen LogP contribution in [0.25, 0.3) is 11.3 Å². The van der Waals surface area contributed by atoms with E-state index in [1.807, 2.05) is 0 Å². The quantitative estimate of drug-likeness (QED) is 0.416. The lowest BCUT2D eigenvalue weighted by atomic mass is 10.1. The highest BCUT2D eigenvalue weighted by molar-refractivity contribution is 8.24. The summed E-state index contributed by atoms with van der Waals surface area (Å²) in [6, 6.07) is 7.79. The number of nitrogens with zero attached hydrogens (tertiary/aromatic N) is 1. The van der Waals surface area contributed by atoms with Crippen LogP contribution in [0.2, 0.25) is 5.02 Å². The summed E-state index contributed by atoms with van der Waals surface area (Å²) in [5.74, 6) is -0.396. The first-order valence-corrected chi connectivity index (χ1v) is 10.7. The number of amides is 1. The Morgan fingerprint density at radius 3 is 2.83 bits per heavy atom. The van der Waals surface area contributed by atoms with Crippen molar-refractivity contribution in [3.05, 3.63) is 53.4 Å². The number of carboxylic acid groups (broad SMARTS) is 1. The third kappa shape index (κ3) is 5.58. The molecule has 1 aliphatic heterocycles. The minimum Gasteiger partial charge on any atom is -0.481 e. The largest absolute Gasteiger partial charge is 0.481 e. The van der Waals surface area contributed by atoms with E-state index < -0.39 is 17.0 Å². The number of hydrogen-bond acceptors (Lipinski definition) is 5. The molecule has 0 aliphatic carbocycles. The molecular weight excluding hydrogens is 437 g/mol. The van der Waals surface area contributed by atoms with Crippen molar-refractivity contribution in [2.24, 2.45) is 0 Å². The number of aliphatic carboxylic acids is 1. The molecule has 1 aliphatic rings. The van der Waals surface area contributed by atoms with Gasteiger partial charge in [0.05, 0.1) is 5.02 Å². The first-order chi connectivity index (χ1) is 13.8. The van der Waals surface area contributed by atoms with Crippen molar-refractivity contribution in [1.29, 1.82) is 0 Å². The smallest absolute Gasteiger partial charge is 0.303 e. The molecule has 153 valence electrons. The fourth-order valence-electron chi connectivity index (χ4n) is 2.89. The topological polar surface area (TPSA) is 70.8 Å². The molecule has 1 amide bonds. The van der Waals surface area contributed by atoms with Crippen LogP contribution >= 0.6 is 35.6 Å². The van der Waals surface area contributed by atoms with Gasteiger partial charge in [0.1, 0.15) is 26.9 Å². The summed E-state index contributed by atoms with van der Waals surface area (Å²) < 4.78 is 19.6. The molecule has 1 radical (unpaired) electrons.